The van der Waals surface area contributed by atoms with E-state index in [1.54, 1.807) is 7.11 Å². The Kier molecular flexibility index (Phi) is 9.33. The van der Waals surface area contributed by atoms with E-state index in [0.29, 0.717) is 0 Å². The standard InChI is InChI=1S/C16H28N2O/c1-18(14-11-17-12-15-19-2)13-7-6-10-16-8-4-3-5-9-16/h3-5,8-9,17H,6-7,10-15H2,1-2H3. The number of ether oxygens (including phenoxy) is 1. The molecule has 19 heavy (non-hydrogen) atoms. The fourth-order valence-electron chi connectivity index (χ4n) is 2.04. The van der Waals surface area contributed by atoms with Gasteiger partial charge in [0.15, 0.2) is 0 Å². The van der Waals surface area contributed by atoms with Gasteiger partial charge in [-0.15, -0.1) is 0 Å². The summed E-state index contributed by atoms with van der Waals surface area (Å²) in [5.41, 5.74) is 1.45. The number of hydrogen-bond donors (Lipinski definition) is 1. The summed E-state index contributed by atoms with van der Waals surface area (Å²) in [6, 6.07) is 10.7. The zero-order valence-corrected chi connectivity index (χ0v) is 12.4. The monoisotopic (exact) mass is 264 g/mol. The quantitative estimate of drug-likeness (QED) is 0.620. The van der Waals surface area contributed by atoms with Crippen LogP contribution >= 0.6 is 0 Å². The van der Waals surface area contributed by atoms with Gasteiger partial charge in [0, 0.05) is 26.7 Å². The molecule has 0 aromatic heterocycles. The molecule has 0 amide bonds. The first-order chi connectivity index (χ1) is 9.33. The third-order valence-electron chi connectivity index (χ3n) is 3.25. The van der Waals surface area contributed by atoms with Gasteiger partial charge in [-0.25, -0.2) is 0 Å². The molecule has 1 N–H and O–H groups in total. The average Bonchev–Trinajstić information content (AvgIpc) is 2.44. The van der Waals surface area contributed by atoms with E-state index in [0.717, 1.165) is 26.2 Å². The molecule has 0 saturated carbocycles. The van der Waals surface area contributed by atoms with E-state index in [1.165, 1.54) is 31.4 Å². The Balaban J connectivity index is 1.94. The predicted molar refractivity (Wildman–Crippen MR) is 81.6 cm³/mol. The smallest absolute Gasteiger partial charge is 0.0587 e. The number of aryl methyl sites for hydroxylation is 1. The number of likely N-dealkylation sites (N-methyl/N-ethyl adjacent to an activating group) is 1. The number of nitrogens with zero attached hydrogens (tertiary/aromatic N) is 1. The van der Waals surface area contributed by atoms with Crippen molar-refractivity contribution >= 4 is 0 Å². The minimum atomic E-state index is 0.792. The Morgan fingerprint density at radius 3 is 2.58 bits per heavy atom. The number of methoxy groups -OCH3 is 1. The SMILES string of the molecule is COCCNCCN(C)CCCCc1ccccc1. The molecule has 0 saturated heterocycles. The van der Waals surface area contributed by atoms with E-state index >= 15 is 0 Å². The van der Waals surface area contributed by atoms with E-state index in [9.17, 15) is 0 Å². The number of benzene rings is 1. The number of hydrogen-bond acceptors (Lipinski definition) is 3. The van der Waals surface area contributed by atoms with Gasteiger partial charge in [0.25, 0.3) is 0 Å². The molecule has 1 aromatic carbocycles. The van der Waals surface area contributed by atoms with E-state index in [4.69, 9.17) is 4.74 Å². The van der Waals surface area contributed by atoms with Crippen molar-refractivity contribution in [3.63, 3.8) is 0 Å². The first kappa shape index (κ1) is 16.2. The molecule has 1 aromatic rings. The summed E-state index contributed by atoms with van der Waals surface area (Å²) in [6.07, 6.45) is 3.73. The summed E-state index contributed by atoms with van der Waals surface area (Å²) in [4.78, 5) is 2.39. The summed E-state index contributed by atoms with van der Waals surface area (Å²) in [5.74, 6) is 0. The average molecular weight is 264 g/mol. The second kappa shape index (κ2) is 11.0. The highest BCUT2D eigenvalue weighted by atomic mass is 16.5. The molecule has 3 heteroatoms. The summed E-state index contributed by atoms with van der Waals surface area (Å²) in [5, 5.41) is 3.37. The highest BCUT2D eigenvalue weighted by Gasteiger charge is 1.98. The van der Waals surface area contributed by atoms with Crippen LogP contribution in [-0.4, -0.2) is 51.8 Å². The molecule has 0 radical (unpaired) electrons. The maximum absolute atomic E-state index is 4.99. The second-order valence-electron chi connectivity index (χ2n) is 4.99. The Morgan fingerprint density at radius 2 is 1.84 bits per heavy atom. The third kappa shape index (κ3) is 8.76. The van der Waals surface area contributed by atoms with E-state index in [-0.39, 0.29) is 0 Å². The maximum atomic E-state index is 4.99. The number of nitrogens with one attached hydrogen (secondary N) is 1. The van der Waals surface area contributed by atoms with Crippen molar-refractivity contribution in [3.8, 4) is 0 Å². The fraction of sp³-hybridized carbons (Fsp3) is 0.625. The molecule has 1 rings (SSSR count). The molecule has 0 unspecified atom stereocenters. The zero-order valence-electron chi connectivity index (χ0n) is 12.4. The van der Waals surface area contributed by atoms with Gasteiger partial charge in [0.05, 0.1) is 6.61 Å². The molecular formula is C16H28N2O. The van der Waals surface area contributed by atoms with Gasteiger partial charge in [-0.05, 0) is 38.4 Å². The summed E-state index contributed by atoms with van der Waals surface area (Å²) >= 11 is 0. The highest BCUT2D eigenvalue weighted by Crippen LogP contribution is 2.04. The molecule has 0 fully saturated rings. The van der Waals surface area contributed by atoms with Gasteiger partial charge in [0.1, 0.15) is 0 Å². The van der Waals surface area contributed by atoms with Crippen LogP contribution in [-0.2, 0) is 11.2 Å². The Hall–Kier alpha value is -0.900. The molecule has 0 spiro atoms. The van der Waals surface area contributed by atoms with Crippen LogP contribution in [0.4, 0.5) is 0 Å². The zero-order chi connectivity index (χ0) is 13.8. The molecule has 0 aliphatic carbocycles. The Morgan fingerprint density at radius 1 is 1.05 bits per heavy atom. The highest BCUT2D eigenvalue weighted by molar-refractivity contribution is 5.14. The van der Waals surface area contributed by atoms with Gasteiger partial charge in [0.2, 0.25) is 0 Å². The lowest BCUT2D eigenvalue weighted by molar-refractivity contribution is 0.197. The van der Waals surface area contributed by atoms with Crippen LogP contribution in [0.3, 0.4) is 0 Å². The van der Waals surface area contributed by atoms with Crippen LogP contribution < -0.4 is 5.32 Å². The van der Waals surface area contributed by atoms with E-state index < -0.39 is 0 Å². The lowest BCUT2D eigenvalue weighted by Gasteiger charge is -2.16. The summed E-state index contributed by atoms with van der Waals surface area (Å²) < 4.78 is 4.99. The minimum absolute atomic E-state index is 0.792. The van der Waals surface area contributed by atoms with Gasteiger partial charge >= 0.3 is 0 Å². The maximum Gasteiger partial charge on any atom is 0.0587 e. The van der Waals surface area contributed by atoms with Crippen LogP contribution in [0.2, 0.25) is 0 Å². The van der Waals surface area contributed by atoms with Crippen molar-refractivity contribution in [1.29, 1.82) is 0 Å². The summed E-state index contributed by atoms with van der Waals surface area (Å²) in [6.45, 7) is 5.06. The van der Waals surface area contributed by atoms with Crippen molar-refractivity contribution in [2.24, 2.45) is 0 Å². The topological polar surface area (TPSA) is 24.5 Å². The Labute approximate surface area is 118 Å². The van der Waals surface area contributed by atoms with Crippen LogP contribution in [0.15, 0.2) is 30.3 Å². The first-order valence-electron chi connectivity index (χ1n) is 7.25. The number of rotatable bonds is 11. The van der Waals surface area contributed by atoms with Gasteiger partial charge in [-0.2, -0.15) is 0 Å². The van der Waals surface area contributed by atoms with Crippen LogP contribution in [0, 0.1) is 0 Å². The molecule has 0 heterocycles. The Bertz CT molecular complexity index is 303. The van der Waals surface area contributed by atoms with Gasteiger partial charge in [-0.3, -0.25) is 0 Å². The predicted octanol–water partition coefficient (Wildman–Crippen LogP) is 2.18. The fourth-order valence-corrected chi connectivity index (χ4v) is 2.04. The van der Waals surface area contributed by atoms with Crippen molar-refractivity contribution in [3.05, 3.63) is 35.9 Å². The van der Waals surface area contributed by atoms with Gasteiger partial charge < -0.3 is 15.0 Å². The molecule has 0 aliphatic rings. The van der Waals surface area contributed by atoms with E-state index in [1.807, 2.05) is 0 Å². The second-order valence-corrected chi connectivity index (χ2v) is 4.99. The molecule has 3 nitrogen and oxygen atoms in total. The first-order valence-corrected chi connectivity index (χ1v) is 7.25. The van der Waals surface area contributed by atoms with Crippen molar-refractivity contribution in [1.82, 2.24) is 10.2 Å². The van der Waals surface area contributed by atoms with E-state index in [2.05, 4.69) is 47.6 Å². The number of unbranched alkanes of at least 4 members (excludes halogenated alkanes) is 1. The largest absolute Gasteiger partial charge is 0.383 e. The molecule has 0 atom stereocenters. The molecule has 108 valence electrons. The van der Waals surface area contributed by atoms with Crippen molar-refractivity contribution in [2.45, 2.75) is 19.3 Å². The lowest BCUT2D eigenvalue weighted by Crippen LogP contribution is -2.31. The van der Waals surface area contributed by atoms with Crippen molar-refractivity contribution < 1.29 is 4.74 Å². The van der Waals surface area contributed by atoms with Crippen LogP contribution in [0.25, 0.3) is 0 Å². The van der Waals surface area contributed by atoms with Crippen LogP contribution in [0.5, 0.6) is 0 Å². The third-order valence-corrected chi connectivity index (χ3v) is 3.25. The summed E-state index contributed by atoms with van der Waals surface area (Å²) in [7, 11) is 3.93. The van der Waals surface area contributed by atoms with Crippen LogP contribution in [0.1, 0.15) is 18.4 Å². The molecular weight excluding hydrogens is 236 g/mol. The minimum Gasteiger partial charge on any atom is -0.383 e. The molecule has 0 aliphatic heterocycles. The van der Waals surface area contributed by atoms with Crippen molar-refractivity contribution in [2.75, 3.05) is 46.9 Å². The molecule has 0 bridgehead atoms. The normalized spacial score (nSPS) is 11.1. The lowest BCUT2D eigenvalue weighted by atomic mass is 10.1. The van der Waals surface area contributed by atoms with Gasteiger partial charge in [-0.1, -0.05) is 30.3 Å².